The summed E-state index contributed by atoms with van der Waals surface area (Å²) in [6.45, 7) is 6.33. The van der Waals surface area contributed by atoms with Crippen molar-refractivity contribution in [2.45, 2.75) is 57.5 Å². The number of aromatic amines is 1. The largest absolute Gasteiger partial charge is 0.488 e. The van der Waals surface area contributed by atoms with E-state index in [2.05, 4.69) is 4.98 Å². The molecule has 2 aliphatic rings. The van der Waals surface area contributed by atoms with Gasteiger partial charge < -0.3 is 9.72 Å². The molecule has 200 valence electrons. The minimum absolute atomic E-state index is 0.00230. The Hall–Kier alpha value is -2.29. The average molecular weight is 538 g/mol. The van der Waals surface area contributed by atoms with Crippen LogP contribution >= 0.6 is 11.6 Å². The fourth-order valence-electron chi connectivity index (χ4n) is 5.66. The van der Waals surface area contributed by atoms with Crippen LogP contribution in [0.4, 0.5) is 17.6 Å². The molecule has 0 spiro atoms. The molecular formula is C28H32ClF4N3O. The molecule has 3 aromatic rings. The Morgan fingerprint density at radius 3 is 2.49 bits per heavy atom. The van der Waals surface area contributed by atoms with Crippen LogP contribution in [0.3, 0.4) is 0 Å². The number of ether oxygens (including phenoxy) is 1. The maximum absolute atomic E-state index is 15.7. The molecule has 0 bridgehead atoms. The van der Waals surface area contributed by atoms with E-state index >= 15 is 8.78 Å². The molecule has 2 aliphatic heterocycles. The number of hydrogen-bond acceptors (Lipinski definition) is 3. The van der Waals surface area contributed by atoms with Crippen molar-refractivity contribution >= 4 is 22.5 Å². The highest BCUT2D eigenvalue weighted by Crippen LogP contribution is 2.44. The maximum Gasteiger partial charge on any atom is 0.135 e. The van der Waals surface area contributed by atoms with Gasteiger partial charge in [0.15, 0.2) is 0 Å². The number of H-pyrrole nitrogens is 1. The number of likely N-dealkylation sites (tertiary alicyclic amines) is 1. The van der Waals surface area contributed by atoms with Crippen molar-refractivity contribution in [1.82, 2.24) is 14.8 Å². The van der Waals surface area contributed by atoms with Gasteiger partial charge in [-0.05, 0) is 57.4 Å². The van der Waals surface area contributed by atoms with Crippen LogP contribution in [-0.4, -0.2) is 65.5 Å². The monoisotopic (exact) mass is 537 g/mol. The van der Waals surface area contributed by atoms with Gasteiger partial charge in [-0.3, -0.25) is 14.2 Å². The van der Waals surface area contributed by atoms with Crippen LogP contribution in [0.5, 0.6) is 5.75 Å². The number of hydrogen-bond donors (Lipinski definition) is 1. The van der Waals surface area contributed by atoms with Crippen molar-refractivity contribution in [2.75, 3.05) is 32.9 Å². The second kappa shape index (κ2) is 10.1. The molecule has 0 radical (unpaired) electrons. The molecule has 2 atom stereocenters. The first-order chi connectivity index (χ1) is 17.5. The van der Waals surface area contributed by atoms with E-state index in [9.17, 15) is 8.78 Å². The Balaban J connectivity index is 1.51. The van der Waals surface area contributed by atoms with E-state index < -0.39 is 23.3 Å². The highest BCUT2D eigenvalue weighted by Gasteiger charge is 2.41. The van der Waals surface area contributed by atoms with Gasteiger partial charge in [0, 0.05) is 71.5 Å². The molecule has 2 aromatic carbocycles. The third-order valence-corrected chi connectivity index (χ3v) is 7.53. The molecule has 5 rings (SSSR count). The van der Waals surface area contributed by atoms with Gasteiger partial charge in [-0.2, -0.15) is 0 Å². The number of halogens is 5. The van der Waals surface area contributed by atoms with Crippen molar-refractivity contribution in [3.05, 3.63) is 63.8 Å². The average Bonchev–Trinajstić information content (AvgIpc) is 3.13. The molecule has 3 heterocycles. The van der Waals surface area contributed by atoms with Crippen LogP contribution in [-0.2, 0) is 6.42 Å². The zero-order valence-electron chi connectivity index (χ0n) is 21.3. The van der Waals surface area contributed by atoms with Crippen molar-refractivity contribution < 1.29 is 22.3 Å². The third-order valence-electron chi connectivity index (χ3n) is 7.29. The first kappa shape index (κ1) is 26.3. The third kappa shape index (κ3) is 5.33. The van der Waals surface area contributed by atoms with Crippen LogP contribution in [0, 0.1) is 11.6 Å². The van der Waals surface area contributed by atoms with Crippen molar-refractivity contribution in [1.29, 1.82) is 0 Å². The van der Waals surface area contributed by atoms with Crippen LogP contribution in [0.2, 0.25) is 5.02 Å². The zero-order chi connectivity index (χ0) is 26.5. The lowest BCUT2D eigenvalue weighted by Gasteiger charge is -2.43. The van der Waals surface area contributed by atoms with Gasteiger partial charge in [-0.1, -0.05) is 11.6 Å². The number of nitrogens with zero attached hydrogens (tertiary/aromatic N) is 2. The Bertz CT molecular complexity index is 1260. The topological polar surface area (TPSA) is 31.5 Å². The maximum atomic E-state index is 15.7. The SMILES string of the molecule is C[C@H]1Cc2c([nH]c3ccc(Cl)cc23)[C@@H](c2c(F)cc(OC3CN(CCCF)C3)cc2F)N1CC(C)(C)F. The minimum atomic E-state index is -1.58. The van der Waals surface area contributed by atoms with Gasteiger partial charge in [0.25, 0.3) is 0 Å². The minimum Gasteiger partial charge on any atom is -0.488 e. The van der Waals surface area contributed by atoms with Crippen LogP contribution in [0.1, 0.15) is 50.1 Å². The quantitative estimate of drug-likeness (QED) is 0.328. The fourth-order valence-corrected chi connectivity index (χ4v) is 5.84. The van der Waals surface area contributed by atoms with Crippen LogP contribution in [0.25, 0.3) is 10.9 Å². The van der Waals surface area contributed by atoms with Gasteiger partial charge in [0.05, 0.1) is 12.7 Å². The van der Waals surface area contributed by atoms with E-state index in [1.165, 1.54) is 26.0 Å². The fraction of sp³-hybridized carbons (Fsp3) is 0.500. The summed E-state index contributed by atoms with van der Waals surface area (Å²) >= 11 is 6.26. The summed E-state index contributed by atoms with van der Waals surface area (Å²) in [7, 11) is 0. The Morgan fingerprint density at radius 1 is 1.14 bits per heavy atom. The molecule has 0 amide bonds. The predicted octanol–water partition coefficient (Wildman–Crippen LogP) is 6.61. The first-order valence-electron chi connectivity index (χ1n) is 12.7. The summed E-state index contributed by atoms with van der Waals surface area (Å²) < 4.78 is 64.6. The smallest absolute Gasteiger partial charge is 0.135 e. The summed E-state index contributed by atoms with van der Waals surface area (Å²) in [5.41, 5.74) is 0.683. The summed E-state index contributed by atoms with van der Waals surface area (Å²) in [4.78, 5) is 7.22. The number of benzene rings is 2. The molecule has 0 unspecified atom stereocenters. The molecule has 4 nitrogen and oxygen atoms in total. The van der Waals surface area contributed by atoms with E-state index in [-0.39, 0.29) is 36.7 Å². The van der Waals surface area contributed by atoms with E-state index in [1.807, 2.05) is 28.9 Å². The van der Waals surface area contributed by atoms with Gasteiger partial charge in [-0.15, -0.1) is 0 Å². The van der Waals surface area contributed by atoms with E-state index in [1.54, 1.807) is 6.07 Å². The summed E-state index contributed by atoms with van der Waals surface area (Å²) in [6.07, 6.45) is 0.846. The molecule has 0 aliphatic carbocycles. The Labute approximate surface area is 219 Å². The number of nitrogens with one attached hydrogen (secondary N) is 1. The van der Waals surface area contributed by atoms with Gasteiger partial charge >= 0.3 is 0 Å². The van der Waals surface area contributed by atoms with Crippen molar-refractivity contribution in [3.8, 4) is 5.75 Å². The van der Waals surface area contributed by atoms with Gasteiger partial charge in [0.1, 0.15) is 29.2 Å². The number of alkyl halides is 2. The Kier molecular flexibility index (Phi) is 7.20. The molecule has 1 aromatic heterocycles. The van der Waals surface area contributed by atoms with Crippen LogP contribution in [0.15, 0.2) is 30.3 Å². The molecule has 9 heteroatoms. The molecule has 1 fully saturated rings. The lowest BCUT2D eigenvalue weighted by molar-refractivity contribution is 0.0179. The first-order valence-corrected chi connectivity index (χ1v) is 13.1. The van der Waals surface area contributed by atoms with E-state index in [0.29, 0.717) is 43.2 Å². The Morgan fingerprint density at radius 2 is 1.84 bits per heavy atom. The second-order valence-corrected chi connectivity index (χ2v) is 11.3. The molecular weight excluding hydrogens is 506 g/mol. The highest BCUT2D eigenvalue weighted by atomic mass is 35.5. The summed E-state index contributed by atoms with van der Waals surface area (Å²) in [5, 5.41) is 1.48. The molecule has 0 saturated carbocycles. The standard InChI is InChI=1S/C28H32ClF4N3O/c1-16-9-21-20-10-17(29)5-6-24(20)34-26(21)27(36(16)15-28(2,3)33)25-22(31)11-18(12-23(25)32)37-19-13-35(14-19)8-4-7-30/h5-6,10-12,16,19,27,34H,4,7-9,13-15H2,1-3H3/t16-,27+/m0/s1. The van der Waals surface area contributed by atoms with Crippen molar-refractivity contribution in [3.63, 3.8) is 0 Å². The number of rotatable bonds is 8. The van der Waals surface area contributed by atoms with Gasteiger partial charge in [0.2, 0.25) is 0 Å². The van der Waals surface area contributed by atoms with Gasteiger partial charge in [-0.25, -0.2) is 13.2 Å². The second-order valence-electron chi connectivity index (χ2n) is 10.9. The lowest BCUT2D eigenvalue weighted by atomic mass is 9.87. The normalized spacial score (nSPS) is 21.3. The summed E-state index contributed by atoms with van der Waals surface area (Å²) in [5.74, 6) is -1.38. The predicted molar refractivity (Wildman–Crippen MR) is 138 cm³/mol. The number of fused-ring (bicyclic) bond motifs is 3. The van der Waals surface area contributed by atoms with E-state index in [4.69, 9.17) is 16.3 Å². The molecule has 1 N–H and O–H groups in total. The van der Waals surface area contributed by atoms with Crippen molar-refractivity contribution in [2.24, 2.45) is 0 Å². The number of aromatic nitrogens is 1. The van der Waals surface area contributed by atoms with E-state index in [0.717, 1.165) is 16.5 Å². The lowest BCUT2D eigenvalue weighted by Crippen LogP contribution is -2.53. The zero-order valence-corrected chi connectivity index (χ0v) is 22.0. The molecule has 1 saturated heterocycles. The van der Waals surface area contributed by atoms with Crippen LogP contribution < -0.4 is 4.74 Å². The molecule has 37 heavy (non-hydrogen) atoms. The summed E-state index contributed by atoms with van der Waals surface area (Å²) in [6, 6.07) is 6.85. The highest BCUT2D eigenvalue weighted by molar-refractivity contribution is 6.31.